The monoisotopic (exact) mass is 334 g/mol. The molecule has 4 nitrogen and oxygen atoms in total. The van der Waals surface area contributed by atoms with Gasteiger partial charge in [-0.05, 0) is 43.0 Å². The van der Waals surface area contributed by atoms with Crippen LogP contribution in [0.1, 0.15) is 30.0 Å². The molecule has 0 aromatic heterocycles. The highest BCUT2D eigenvalue weighted by Gasteiger charge is 2.33. The molecule has 22 heavy (non-hydrogen) atoms. The smallest absolute Gasteiger partial charge is 0.266 e. The molecular weight excluding hydrogens is 318 g/mol. The molecule has 0 spiro atoms. The van der Waals surface area contributed by atoms with E-state index in [0.717, 1.165) is 16.7 Å². The van der Waals surface area contributed by atoms with E-state index < -0.39 is 5.97 Å². The standard InChI is InChI=1S/C16H17NO3S2/c1-9-4-5-12(8-10(9)2)11(3)14-15(20)17(16(21)22-14)7-6-13(18)19/h4-5,8H,6-7H2,1-3H3,(H,18,19)/p-1/b14-11-. The van der Waals surface area contributed by atoms with Crippen molar-refractivity contribution in [3.8, 4) is 0 Å². The fourth-order valence-electron chi connectivity index (χ4n) is 2.13. The van der Waals surface area contributed by atoms with Crippen LogP contribution in [-0.2, 0) is 9.59 Å². The maximum Gasteiger partial charge on any atom is 0.266 e. The van der Waals surface area contributed by atoms with Gasteiger partial charge in [-0.2, -0.15) is 0 Å². The van der Waals surface area contributed by atoms with Gasteiger partial charge >= 0.3 is 0 Å². The molecule has 1 aromatic rings. The molecule has 1 aliphatic rings. The number of hydrogen-bond acceptors (Lipinski definition) is 5. The van der Waals surface area contributed by atoms with Crippen LogP contribution in [0.15, 0.2) is 23.1 Å². The third-order valence-corrected chi connectivity index (χ3v) is 5.22. The van der Waals surface area contributed by atoms with Gasteiger partial charge in [0.2, 0.25) is 0 Å². The van der Waals surface area contributed by atoms with Gasteiger partial charge < -0.3 is 9.90 Å². The average Bonchev–Trinajstić information content (AvgIpc) is 2.74. The van der Waals surface area contributed by atoms with Crippen LogP contribution in [0.25, 0.3) is 5.57 Å². The van der Waals surface area contributed by atoms with Crippen molar-refractivity contribution in [3.05, 3.63) is 39.8 Å². The third kappa shape index (κ3) is 3.39. The van der Waals surface area contributed by atoms with Crippen molar-refractivity contribution in [3.63, 3.8) is 0 Å². The van der Waals surface area contributed by atoms with Crippen molar-refractivity contribution in [1.29, 1.82) is 0 Å². The number of carbonyl (C=O) groups excluding carboxylic acids is 2. The Hall–Kier alpha value is -1.66. The van der Waals surface area contributed by atoms with Gasteiger partial charge in [0.15, 0.2) is 0 Å². The molecule has 1 saturated heterocycles. The summed E-state index contributed by atoms with van der Waals surface area (Å²) in [6.07, 6.45) is -0.220. The second-order valence-electron chi connectivity index (χ2n) is 5.20. The normalized spacial score (nSPS) is 17.1. The molecule has 1 amide bonds. The summed E-state index contributed by atoms with van der Waals surface area (Å²) in [4.78, 5) is 24.9. The van der Waals surface area contributed by atoms with Crippen LogP contribution in [-0.4, -0.2) is 27.6 Å². The van der Waals surface area contributed by atoms with E-state index in [1.807, 2.05) is 39.0 Å². The molecule has 0 radical (unpaired) electrons. The van der Waals surface area contributed by atoms with Crippen molar-refractivity contribution in [2.24, 2.45) is 0 Å². The molecule has 0 atom stereocenters. The van der Waals surface area contributed by atoms with Crippen LogP contribution in [0, 0.1) is 13.8 Å². The van der Waals surface area contributed by atoms with E-state index in [9.17, 15) is 14.7 Å². The quantitative estimate of drug-likeness (QED) is 0.623. The fourth-order valence-corrected chi connectivity index (χ4v) is 3.48. The van der Waals surface area contributed by atoms with E-state index in [2.05, 4.69) is 0 Å². The molecule has 0 unspecified atom stereocenters. The van der Waals surface area contributed by atoms with Crippen molar-refractivity contribution >= 4 is 45.7 Å². The summed E-state index contributed by atoms with van der Waals surface area (Å²) in [5, 5.41) is 10.6. The number of carboxylic acids is 1. The first-order valence-electron chi connectivity index (χ1n) is 6.83. The highest BCUT2D eigenvalue weighted by Crippen LogP contribution is 2.36. The van der Waals surface area contributed by atoms with Gasteiger partial charge in [0.1, 0.15) is 4.32 Å². The van der Waals surface area contributed by atoms with Gasteiger partial charge in [-0.3, -0.25) is 9.69 Å². The average molecular weight is 334 g/mol. The second kappa shape index (κ2) is 6.62. The number of aliphatic carboxylic acids is 1. The molecule has 1 fully saturated rings. The van der Waals surface area contributed by atoms with Crippen LogP contribution in [0.4, 0.5) is 0 Å². The SMILES string of the molecule is C/C(=C1/SC(=S)N(CCC(=O)[O-])C1=O)c1ccc(C)c(C)c1. The van der Waals surface area contributed by atoms with E-state index >= 15 is 0 Å². The number of allylic oxidation sites excluding steroid dienone is 1. The molecule has 116 valence electrons. The Labute approximate surface area is 139 Å². The van der Waals surface area contributed by atoms with Crippen LogP contribution < -0.4 is 5.11 Å². The van der Waals surface area contributed by atoms with Gasteiger partial charge in [-0.1, -0.05) is 42.2 Å². The lowest BCUT2D eigenvalue weighted by atomic mass is 10.0. The van der Waals surface area contributed by atoms with Gasteiger partial charge in [-0.15, -0.1) is 0 Å². The fraction of sp³-hybridized carbons (Fsp3) is 0.312. The zero-order chi connectivity index (χ0) is 16.4. The minimum atomic E-state index is -1.19. The summed E-state index contributed by atoms with van der Waals surface area (Å²) in [5.74, 6) is -1.42. The second-order valence-corrected chi connectivity index (χ2v) is 6.84. The lowest BCUT2D eigenvalue weighted by Gasteiger charge is -2.14. The first-order valence-corrected chi connectivity index (χ1v) is 8.05. The number of thiocarbonyl (C=S) groups is 1. The van der Waals surface area contributed by atoms with Crippen LogP contribution in [0.2, 0.25) is 0 Å². The Morgan fingerprint density at radius 3 is 2.59 bits per heavy atom. The van der Waals surface area contributed by atoms with Crippen LogP contribution in [0.3, 0.4) is 0 Å². The number of rotatable bonds is 4. The summed E-state index contributed by atoms with van der Waals surface area (Å²) >= 11 is 6.40. The zero-order valence-corrected chi connectivity index (χ0v) is 14.3. The minimum Gasteiger partial charge on any atom is -0.550 e. The summed E-state index contributed by atoms with van der Waals surface area (Å²) < 4.78 is 0.393. The highest BCUT2D eigenvalue weighted by molar-refractivity contribution is 8.26. The Morgan fingerprint density at radius 2 is 2.00 bits per heavy atom. The summed E-state index contributed by atoms with van der Waals surface area (Å²) in [6, 6.07) is 6.04. The molecule has 0 saturated carbocycles. The predicted molar refractivity (Wildman–Crippen MR) is 90.0 cm³/mol. The van der Waals surface area contributed by atoms with Gasteiger partial charge in [0.05, 0.1) is 4.91 Å². The van der Waals surface area contributed by atoms with Gasteiger partial charge in [-0.25, -0.2) is 0 Å². The first-order chi connectivity index (χ1) is 10.3. The Morgan fingerprint density at radius 1 is 1.32 bits per heavy atom. The zero-order valence-electron chi connectivity index (χ0n) is 12.6. The molecule has 6 heteroatoms. The van der Waals surface area contributed by atoms with Crippen molar-refractivity contribution in [2.45, 2.75) is 27.2 Å². The van der Waals surface area contributed by atoms with Gasteiger partial charge in [0, 0.05) is 18.9 Å². The molecule has 1 aromatic carbocycles. The number of carboxylic acid groups (broad SMARTS) is 1. The number of amides is 1. The van der Waals surface area contributed by atoms with Crippen LogP contribution in [0.5, 0.6) is 0 Å². The minimum absolute atomic E-state index is 0.0523. The van der Waals surface area contributed by atoms with E-state index in [4.69, 9.17) is 12.2 Å². The maximum absolute atomic E-state index is 12.4. The number of thioether (sulfide) groups is 1. The van der Waals surface area contributed by atoms with E-state index in [0.29, 0.717) is 9.23 Å². The molecule has 2 rings (SSSR count). The molecule has 0 N–H and O–H groups in total. The van der Waals surface area contributed by atoms with E-state index in [-0.39, 0.29) is 18.9 Å². The van der Waals surface area contributed by atoms with Gasteiger partial charge in [0.25, 0.3) is 5.91 Å². The van der Waals surface area contributed by atoms with E-state index in [1.165, 1.54) is 22.2 Å². The summed E-state index contributed by atoms with van der Waals surface area (Å²) in [7, 11) is 0. The molecular formula is C16H16NO3S2-. The maximum atomic E-state index is 12.4. The van der Waals surface area contributed by atoms with Crippen molar-refractivity contribution in [2.75, 3.05) is 6.54 Å². The molecule has 0 aliphatic carbocycles. The number of aryl methyl sites for hydroxylation is 2. The largest absolute Gasteiger partial charge is 0.550 e. The first kappa shape index (κ1) is 16.7. The predicted octanol–water partition coefficient (Wildman–Crippen LogP) is 2.03. The Kier molecular flexibility index (Phi) is 5.03. The Balaban J connectivity index is 2.31. The molecule has 0 bridgehead atoms. The molecule has 1 aliphatic heterocycles. The Bertz CT molecular complexity index is 695. The third-order valence-electron chi connectivity index (χ3n) is 3.67. The highest BCUT2D eigenvalue weighted by atomic mass is 32.2. The topological polar surface area (TPSA) is 60.4 Å². The number of hydrogen-bond donors (Lipinski definition) is 0. The lowest BCUT2D eigenvalue weighted by molar-refractivity contribution is -0.305. The van der Waals surface area contributed by atoms with E-state index in [1.54, 1.807) is 0 Å². The summed E-state index contributed by atoms with van der Waals surface area (Å²) in [6.45, 7) is 6.00. The number of carbonyl (C=O) groups is 2. The lowest BCUT2D eigenvalue weighted by Crippen LogP contribution is -2.33. The molecule has 1 heterocycles. The number of nitrogens with zero attached hydrogens (tertiary/aromatic N) is 1. The van der Waals surface area contributed by atoms with Crippen molar-refractivity contribution < 1.29 is 14.7 Å². The number of benzene rings is 1. The summed E-state index contributed by atoms with van der Waals surface area (Å²) in [5.41, 5.74) is 4.18. The van der Waals surface area contributed by atoms with Crippen molar-refractivity contribution in [1.82, 2.24) is 4.90 Å². The van der Waals surface area contributed by atoms with Crippen LogP contribution >= 0.6 is 24.0 Å².